The number of nitrogens with one attached hydrogen (secondary N) is 1. The lowest BCUT2D eigenvalue weighted by Gasteiger charge is -2.65. The van der Waals surface area contributed by atoms with Crippen molar-refractivity contribution in [3.63, 3.8) is 0 Å². The third kappa shape index (κ3) is 14.3. The molecular formula is C81H117NO31. The van der Waals surface area contributed by atoms with Gasteiger partial charge in [-0.2, -0.15) is 0 Å². The van der Waals surface area contributed by atoms with E-state index in [1.54, 1.807) is 27.7 Å². The van der Waals surface area contributed by atoms with Crippen LogP contribution >= 0.6 is 0 Å². The number of ether oxygens (including phenoxy) is 15. The quantitative estimate of drug-likeness (QED) is 0.0564. The molecule has 32 atom stereocenters. The molecule has 4 spiro atoms. The van der Waals surface area contributed by atoms with Gasteiger partial charge in [0, 0.05) is 78.9 Å². The smallest absolute Gasteiger partial charge is 0.308 e. The third-order valence-electron chi connectivity index (χ3n) is 30.3. The van der Waals surface area contributed by atoms with Crippen molar-refractivity contribution in [2.24, 2.45) is 94.2 Å². The van der Waals surface area contributed by atoms with Gasteiger partial charge in [0.05, 0.1) is 44.9 Å². The zero-order valence-corrected chi connectivity index (χ0v) is 67.5. The first-order valence-corrected chi connectivity index (χ1v) is 42.0. The molecule has 0 aromatic rings. The minimum atomic E-state index is -2.19. The van der Waals surface area contributed by atoms with Gasteiger partial charge in [0.1, 0.15) is 25.4 Å². The fraction of sp³-hybridized carbons (Fsp3) is 0.901. The van der Waals surface area contributed by atoms with Crippen LogP contribution in [0.3, 0.4) is 0 Å². The largest absolute Gasteiger partial charge is 0.463 e. The SMILES string of the molecule is C[C@@H]1[C@@H](OC(=O)CCC(=O)NC(COC(=O)CCC(=O)O[C@@H]2O[C@@H]3O[C@]4(C)CC[C@H]5[C@H](C)CC[C@@H]([C@H]2C)[C@@]35OO4)(COC(=O)CCC(=O)O[C@@H]2O[C@@H]3O[C@]4(C)CC[C@H]5[C@H](C)CC[C@@H]([C@H]2C)[C@@]35OO4)COC(=O)CCC(=O)O[C@@H]2O[C@@H]3O[C@]4(C)CC[C@H]5[C@H](C)CC[C@@](C)([C@H]2C)[C@@]35OO4)O[C@H]2O[C@@]3(C)CC[C@@H]4[C@@H](C)CC[C@H]1[C@]24OO3. The first-order chi connectivity index (χ1) is 53.6. The second kappa shape index (κ2) is 30.4. The Balaban J connectivity index is 0.612. The summed E-state index contributed by atoms with van der Waals surface area (Å²) in [5.74, 6) is -12.5. The van der Waals surface area contributed by atoms with Crippen LogP contribution in [0.25, 0.3) is 0 Å². The van der Waals surface area contributed by atoms with E-state index in [0.717, 1.165) is 64.2 Å². The molecule has 0 unspecified atom stereocenters. The lowest BCUT2D eigenvalue weighted by Crippen LogP contribution is -2.74. The highest BCUT2D eigenvalue weighted by molar-refractivity contribution is 5.83. The van der Waals surface area contributed by atoms with Crippen LogP contribution < -0.4 is 5.32 Å². The van der Waals surface area contributed by atoms with Crippen molar-refractivity contribution in [3.8, 4) is 0 Å². The molecule has 20 fully saturated rings. The van der Waals surface area contributed by atoms with Gasteiger partial charge in [-0.3, -0.25) is 38.4 Å². The Morgan fingerprint density at radius 3 is 1.02 bits per heavy atom. The van der Waals surface area contributed by atoms with Crippen LogP contribution in [0.15, 0.2) is 0 Å². The lowest BCUT2D eigenvalue weighted by molar-refractivity contribution is -0.586. The van der Waals surface area contributed by atoms with Crippen molar-refractivity contribution in [1.82, 2.24) is 5.32 Å². The fourth-order valence-corrected chi connectivity index (χ4v) is 23.4. The van der Waals surface area contributed by atoms with Gasteiger partial charge in [-0.1, -0.05) is 62.3 Å². The first kappa shape index (κ1) is 81.8. The van der Waals surface area contributed by atoms with Crippen LogP contribution in [0.1, 0.15) is 244 Å². The van der Waals surface area contributed by atoms with Crippen LogP contribution in [0.2, 0.25) is 0 Å². The predicted octanol–water partition coefficient (Wildman–Crippen LogP) is 9.99. The molecule has 16 saturated heterocycles. The Labute approximate surface area is 658 Å². The summed E-state index contributed by atoms with van der Waals surface area (Å²) in [4.78, 5) is 163. The number of carbonyl (C=O) groups excluding carboxylic acids is 8. The molecule has 16 heterocycles. The van der Waals surface area contributed by atoms with Crippen LogP contribution in [0, 0.1) is 94.2 Å². The standard InChI is InChI=1S/C81H117NO31/c1-41-14-17-53-45(5)64(98-68-78(53)49(41)29-34-73(10,102-68)106-110-78)94-60(87)21-20-56(83)82-77(38-91-57(84)22-25-61(88)95-65-46(6)54-18-15-42(2)50-30-35-74(11)103-69(99-65)79(50,54)111-107-74,39-92-58(85)23-26-62(89)96-66-47(7)55-19-16-43(3)51-31-36-75(12)104-70(100-66)80(51,55)112-108-75)40-93-59(86)24-27-63(90)97-67-48(8)72(9)33-28-44(4)52-32-37-76(13)105-71(101-67)81(52,72)113-109-76/h41-55,64-71H,14-40H2,1-13H3,(H,82,83)/t41-,42+,43+,44+,45-,46+,47+,48-,49+,50-,51-,52-,53+,54-,55-,64-,65+,66+,67+,68-,69+,70+,71+,72-,73+,74-,75-,76-,78-,79+,80+,81-/m0/s1. The van der Waals surface area contributed by atoms with Crippen molar-refractivity contribution in [2.45, 2.75) is 346 Å². The maximum absolute atomic E-state index is 14.7. The molecule has 8 bridgehead atoms. The summed E-state index contributed by atoms with van der Waals surface area (Å²) >= 11 is 0. The molecule has 632 valence electrons. The summed E-state index contributed by atoms with van der Waals surface area (Å²) in [5, 5.41) is 2.74. The molecule has 16 aliphatic heterocycles. The van der Waals surface area contributed by atoms with E-state index >= 15 is 0 Å². The summed E-state index contributed by atoms with van der Waals surface area (Å²) in [5.41, 5.74) is -6.66. The highest BCUT2D eigenvalue weighted by atomic mass is 17.3. The van der Waals surface area contributed by atoms with Gasteiger partial charge in [0.25, 0.3) is 0 Å². The number of carbonyl (C=O) groups is 8. The fourth-order valence-electron chi connectivity index (χ4n) is 23.4. The minimum Gasteiger partial charge on any atom is -0.463 e. The summed E-state index contributed by atoms with van der Waals surface area (Å²) in [7, 11) is 0. The first-order valence-electron chi connectivity index (χ1n) is 42.0. The Morgan fingerprint density at radius 1 is 0.327 bits per heavy atom. The number of amides is 1. The Bertz CT molecular complexity index is 3530. The van der Waals surface area contributed by atoms with Crippen molar-refractivity contribution in [1.29, 1.82) is 0 Å². The Hall–Kier alpha value is -4.88. The van der Waals surface area contributed by atoms with Gasteiger partial charge in [-0.25, -0.2) is 39.1 Å². The number of hydrogen-bond donors (Lipinski definition) is 1. The van der Waals surface area contributed by atoms with E-state index in [2.05, 4.69) is 39.9 Å². The highest BCUT2D eigenvalue weighted by Gasteiger charge is 2.77. The van der Waals surface area contributed by atoms with Crippen molar-refractivity contribution in [2.75, 3.05) is 19.8 Å². The van der Waals surface area contributed by atoms with E-state index in [0.29, 0.717) is 38.5 Å². The number of fused-ring (bicyclic) bond motifs is 8. The second-order valence-electron chi connectivity index (χ2n) is 37.5. The Morgan fingerprint density at radius 2 is 0.637 bits per heavy atom. The van der Waals surface area contributed by atoms with Crippen LogP contribution in [-0.2, 0) is 149 Å². The van der Waals surface area contributed by atoms with E-state index in [-0.39, 0.29) is 76.9 Å². The van der Waals surface area contributed by atoms with Gasteiger partial charge in [0.15, 0.2) is 47.6 Å². The highest BCUT2D eigenvalue weighted by Crippen LogP contribution is 2.68. The van der Waals surface area contributed by atoms with E-state index in [1.165, 1.54) is 0 Å². The van der Waals surface area contributed by atoms with Gasteiger partial charge in [0.2, 0.25) is 54.2 Å². The lowest BCUT2D eigenvalue weighted by atomic mass is 9.50. The molecule has 32 heteroatoms. The van der Waals surface area contributed by atoms with Gasteiger partial charge >= 0.3 is 41.8 Å². The molecule has 4 aliphatic carbocycles. The zero-order valence-electron chi connectivity index (χ0n) is 67.5. The van der Waals surface area contributed by atoms with E-state index < -0.39 is 238 Å². The maximum atomic E-state index is 14.7. The monoisotopic (exact) mass is 1600 g/mol. The van der Waals surface area contributed by atoms with Gasteiger partial charge in [-0.05, 0) is 152 Å². The van der Waals surface area contributed by atoms with E-state index in [4.69, 9.17) is 110 Å². The molecule has 0 radical (unpaired) electrons. The maximum Gasteiger partial charge on any atom is 0.308 e. The normalized spacial score (nSPS) is 48.0. The summed E-state index contributed by atoms with van der Waals surface area (Å²) in [6.07, 6.45) is -0.785. The molecule has 1 N–H and O–H groups in total. The molecular weight excluding hydrogens is 1480 g/mol. The predicted molar refractivity (Wildman–Crippen MR) is 377 cm³/mol. The van der Waals surface area contributed by atoms with Gasteiger partial charge < -0.3 is 76.4 Å². The van der Waals surface area contributed by atoms with Crippen molar-refractivity contribution < 1.29 is 149 Å². The van der Waals surface area contributed by atoms with Crippen LogP contribution in [0.4, 0.5) is 0 Å². The number of hydrogen-bond acceptors (Lipinski definition) is 31. The third-order valence-corrected chi connectivity index (χ3v) is 30.3. The molecule has 32 nitrogen and oxygen atoms in total. The van der Waals surface area contributed by atoms with Crippen molar-refractivity contribution in [3.05, 3.63) is 0 Å². The molecule has 20 aliphatic rings. The molecule has 0 aromatic heterocycles. The minimum absolute atomic E-state index is 0.0168. The molecule has 113 heavy (non-hydrogen) atoms. The van der Waals surface area contributed by atoms with Crippen LogP contribution in [0.5, 0.6) is 0 Å². The summed E-state index contributed by atoms with van der Waals surface area (Å²) in [6, 6.07) is 0. The molecule has 1 amide bonds. The average molecular weight is 1600 g/mol. The summed E-state index contributed by atoms with van der Waals surface area (Å²) in [6.45, 7) is 22.9. The molecule has 0 aromatic carbocycles. The van der Waals surface area contributed by atoms with E-state index in [9.17, 15) is 38.4 Å². The van der Waals surface area contributed by atoms with E-state index in [1.807, 2.05) is 27.7 Å². The topological polar surface area (TPSA) is 361 Å². The molecule has 4 saturated carbocycles. The number of esters is 7. The number of rotatable bonds is 23. The van der Waals surface area contributed by atoms with Gasteiger partial charge in [-0.15, -0.1) is 0 Å². The van der Waals surface area contributed by atoms with Crippen LogP contribution in [-0.4, -0.2) is 169 Å². The summed E-state index contributed by atoms with van der Waals surface area (Å²) < 4.78 is 93.7. The molecule has 20 rings (SSSR count). The van der Waals surface area contributed by atoms with Crippen molar-refractivity contribution >= 4 is 47.7 Å². The second-order valence-corrected chi connectivity index (χ2v) is 37.5. The average Bonchev–Trinajstić information content (AvgIpc) is 1.66. The Kier molecular flexibility index (Phi) is 22.0. The zero-order chi connectivity index (χ0) is 80.0.